The number of rotatable bonds is 8. The van der Waals surface area contributed by atoms with Gasteiger partial charge in [0.25, 0.3) is 0 Å². The molecule has 0 saturated carbocycles. The van der Waals surface area contributed by atoms with Crippen molar-refractivity contribution in [1.82, 2.24) is 15.1 Å². The average molecular weight is 326 g/mol. The lowest BCUT2D eigenvalue weighted by Crippen LogP contribution is -2.40. The smallest absolute Gasteiger partial charge is 0.188 e. The fourth-order valence-electron chi connectivity index (χ4n) is 3.36. The van der Waals surface area contributed by atoms with Crippen LogP contribution >= 0.6 is 0 Å². The molecule has 23 heavy (non-hydrogen) atoms. The van der Waals surface area contributed by atoms with Crippen molar-refractivity contribution in [1.29, 1.82) is 0 Å². The van der Waals surface area contributed by atoms with Crippen LogP contribution < -0.4 is 11.1 Å². The topological polar surface area (TPSA) is 66.1 Å². The third-order valence-electron chi connectivity index (χ3n) is 4.89. The molecule has 2 rings (SSSR count). The molecule has 0 radical (unpaired) electrons. The summed E-state index contributed by atoms with van der Waals surface area (Å²) in [6.45, 7) is 11.4. The number of hydrogen-bond donors (Lipinski definition) is 2. The summed E-state index contributed by atoms with van der Waals surface area (Å²) >= 11 is 0. The Morgan fingerprint density at radius 3 is 2.78 bits per heavy atom. The highest BCUT2D eigenvalue weighted by Gasteiger charge is 2.16. The molecule has 6 heteroatoms. The van der Waals surface area contributed by atoms with Crippen LogP contribution in [0.1, 0.15) is 39.0 Å². The number of ether oxygens (including phenoxy) is 1. The first kappa shape index (κ1) is 18.5. The molecule has 2 aliphatic rings. The zero-order chi connectivity index (χ0) is 16.3. The van der Waals surface area contributed by atoms with Gasteiger partial charge in [0.1, 0.15) is 0 Å². The molecule has 6 nitrogen and oxygen atoms in total. The van der Waals surface area contributed by atoms with E-state index in [2.05, 4.69) is 27.0 Å². The van der Waals surface area contributed by atoms with Gasteiger partial charge in [0.15, 0.2) is 5.96 Å². The first-order valence-electron chi connectivity index (χ1n) is 9.33. The minimum Gasteiger partial charge on any atom is -0.379 e. The van der Waals surface area contributed by atoms with Crippen LogP contribution in [0.25, 0.3) is 0 Å². The second kappa shape index (κ2) is 10.8. The van der Waals surface area contributed by atoms with Gasteiger partial charge in [-0.2, -0.15) is 0 Å². The van der Waals surface area contributed by atoms with Gasteiger partial charge in [0.2, 0.25) is 0 Å². The maximum Gasteiger partial charge on any atom is 0.188 e. The molecule has 0 spiro atoms. The van der Waals surface area contributed by atoms with Crippen LogP contribution in [0.3, 0.4) is 0 Å². The van der Waals surface area contributed by atoms with Crippen LogP contribution in [0, 0.1) is 0 Å². The molecule has 2 heterocycles. The third kappa shape index (κ3) is 7.50. The Kier molecular flexibility index (Phi) is 8.71. The lowest BCUT2D eigenvalue weighted by atomic mass is 10.0. The van der Waals surface area contributed by atoms with Crippen LogP contribution in [0.15, 0.2) is 4.99 Å². The second-order valence-corrected chi connectivity index (χ2v) is 6.74. The van der Waals surface area contributed by atoms with E-state index < -0.39 is 0 Å². The monoisotopic (exact) mass is 325 g/mol. The van der Waals surface area contributed by atoms with E-state index in [1.54, 1.807) is 0 Å². The number of hydrogen-bond acceptors (Lipinski definition) is 4. The van der Waals surface area contributed by atoms with E-state index in [0.29, 0.717) is 5.96 Å². The summed E-state index contributed by atoms with van der Waals surface area (Å²) in [5.74, 6) is 0.596. The number of guanidine groups is 1. The number of nitrogens with zero attached hydrogens (tertiary/aromatic N) is 3. The van der Waals surface area contributed by atoms with Crippen molar-refractivity contribution < 1.29 is 4.74 Å². The van der Waals surface area contributed by atoms with Gasteiger partial charge in [0, 0.05) is 45.3 Å². The number of morpholine rings is 1. The fraction of sp³-hybridized carbons (Fsp3) is 0.941. The molecule has 1 atom stereocenters. The number of piperidine rings is 1. The van der Waals surface area contributed by atoms with Crippen molar-refractivity contribution >= 4 is 5.96 Å². The normalized spacial score (nSPS) is 24.7. The highest BCUT2D eigenvalue weighted by molar-refractivity contribution is 5.77. The molecule has 0 bridgehead atoms. The summed E-state index contributed by atoms with van der Waals surface area (Å²) in [5, 5.41) is 3.24. The predicted octanol–water partition coefficient (Wildman–Crippen LogP) is 0.878. The molecular formula is C17H35N5O. The van der Waals surface area contributed by atoms with E-state index in [4.69, 9.17) is 10.5 Å². The standard InChI is InChI=1S/C17H35N5O/c1-16-6-2-3-10-22(16)11-5-8-20-17(18)19-7-4-9-21-12-14-23-15-13-21/h16H,2-15H2,1H3,(H3,18,19,20). The zero-order valence-electron chi connectivity index (χ0n) is 14.8. The molecular weight excluding hydrogens is 290 g/mol. The Labute approximate surface area is 141 Å². The van der Waals surface area contributed by atoms with Crippen LogP contribution in [-0.2, 0) is 4.74 Å². The van der Waals surface area contributed by atoms with Crippen LogP contribution in [0.4, 0.5) is 0 Å². The Morgan fingerprint density at radius 2 is 2.00 bits per heavy atom. The average Bonchev–Trinajstić information content (AvgIpc) is 2.58. The minimum absolute atomic E-state index is 0.596. The van der Waals surface area contributed by atoms with Crippen molar-refractivity contribution in [3.63, 3.8) is 0 Å². The number of aliphatic imine (C=N–C) groups is 1. The molecule has 2 fully saturated rings. The maximum absolute atomic E-state index is 5.93. The van der Waals surface area contributed by atoms with E-state index >= 15 is 0 Å². The van der Waals surface area contributed by atoms with E-state index in [1.807, 2.05) is 0 Å². The molecule has 0 aromatic carbocycles. The lowest BCUT2D eigenvalue weighted by Gasteiger charge is -2.33. The van der Waals surface area contributed by atoms with Crippen molar-refractivity contribution in [3.05, 3.63) is 0 Å². The molecule has 2 aliphatic heterocycles. The molecule has 134 valence electrons. The van der Waals surface area contributed by atoms with Crippen molar-refractivity contribution in [2.75, 3.05) is 59.0 Å². The number of nitrogens with one attached hydrogen (secondary N) is 1. The van der Waals surface area contributed by atoms with E-state index in [9.17, 15) is 0 Å². The van der Waals surface area contributed by atoms with Gasteiger partial charge in [-0.15, -0.1) is 0 Å². The fourth-order valence-corrected chi connectivity index (χ4v) is 3.36. The maximum atomic E-state index is 5.93. The van der Waals surface area contributed by atoms with Gasteiger partial charge < -0.3 is 20.7 Å². The summed E-state index contributed by atoms with van der Waals surface area (Å²) < 4.78 is 5.35. The van der Waals surface area contributed by atoms with Crippen molar-refractivity contribution in [3.8, 4) is 0 Å². The van der Waals surface area contributed by atoms with Gasteiger partial charge in [-0.05, 0) is 39.2 Å². The van der Waals surface area contributed by atoms with Gasteiger partial charge >= 0.3 is 0 Å². The first-order chi connectivity index (χ1) is 11.3. The molecule has 0 aromatic heterocycles. The van der Waals surface area contributed by atoms with Gasteiger partial charge in [-0.3, -0.25) is 9.89 Å². The first-order valence-corrected chi connectivity index (χ1v) is 9.33. The number of likely N-dealkylation sites (tertiary alicyclic amines) is 1. The molecule has 0 aromatic rings. The van der Waals surface area contributed by atoms with E-state index in [0.717, 1.165) is 64.8 Å². The molecule has 0 aliphatic carbocycles. The Bertz CT molecular complexity index is 344. The summed E-state index contributed by atoms with van der Waals surface area (Å²) in [7, 11) is 0. The van der Waals surface area contributed by atoms with Gasteiger partial charge in [-0.1, -0.05) is 6.42 Å². The highest BCUT2D eigenvalue weighted by Crippen LogP contribution is 2.15. The predicted molar refractivity (Wildman–Crippen MR) is 95.9 cm³/mol. The van der Waals surface area contributed by atoms with Crippen LogP contribution in [-0.4, -0.2) is 80.8 Å². The minimum atomic E-state index is 0.596. The molecule has 3 N–H and O–H groups in total. The Morgan fingerprint density at radius 1 is 1.17 bits per heavy atom. The molecule has 1 unspecified atom stereocenters. The zero-order valence-corrected chi connectivity index (χ0v) is 14.8. The Balaban J connectivity index is 1.47. The van der Waals surface area contributed by atoms with E-state index in [1.165, 1.54) is 32.4 Å². The lowest BCUT2D eigenvalue weighted by molar-refractivity contribution is 0.0377. The molecule has 2 saturated heterocycles. The molecule has 0 amide bonds. The highest BCUT2D eigenvalue weighted by atomic mass is 16.5. The van der Waals surface area contributed by atoms with E-state index in [-0.39, 0.29) is 0 Å². The SMILES string of the molecule is CC1CCCCN1CCCNC(N)=NCCCN1CCOCC1. The summed E-state index contributed by atoms with van der Waals surface area (Å²) in [6, 6.07) is 0.745. The summed E-state index contributed by atoms with van der Waals surface area (Å²) in [6.07, 6.45) is 6.28. The van der Waals surface area contributed by atoms with Crippen LogP contribution in [0.2, 0.25) is 0 Å². The quantitative estimate of drug-likeness (QED) is 0.394. The summed E-state index contributed by atoms with van der Waals surface area (Å²) in [5.41, 5.74) is 5.93. The Hall–Kier alpha value is -0.850. The third-order valence-corrected chi connectivity index (χ3v) is 4.89. The summed E-state index contributed by atoms with van der Waals surface area (Å²) in [4.78, 5) is 9.45. The van der Waals surface area contributed by atoms with Crippen molar-refractivity contribution in [2.45, 2.75) is 45.1 Å². The van der Waals surface area contributed by atoms with Gasteiger partial charge in [-0.25, -0.2) is 0 Å². The van der Waals surface area contributed by atoms with Gasteiger partial charge in [0.05, 0.1) is 13.2 Å². The van der Waals surface area contributed by atoms with Crippen molar-refractivity contribution in [2.24, 2.45) is 10.7 Å². The second-order valence-electron chi connectivity index (χ2n) is 6.74. The van der Waals surface area contributed by atoms with Crippen LogP contribution in [0.5, 0.6) is 0 Å². The number of nitrogens with two attached hydrogens (primary N) is 1. The largest absolute Gasteiger partial charge is 0.379 e.